The first-order chi connectivity index (χ1) is 10.4. The highest BCUT2D eigenvalue weighted by Crippen LogP contribution is 2.55. The van der Waals surface area contributed by atoms with Gasteiger partial charge in [0.1, 0.15) is 0 Å². The van der Waals surface area contributed by atoms with Crippen LogP contribution in [0.15, 0.2) is 59.5 Å². The van der Waals surface area contributed by atoms with Crippen LogP contribution in [0, 0.1) is 6.92 Å². The van der Waals surface area contributed by atoms with Gasteiger partial charge in [-0.15, -0.1) is 0 Å². The van der Waals surface area contributed by atoms with E-state index in [0.29, 0.717) is 0 Å². The van der Waals surface area contributed by atoms with Crippen molar-refractivity contribution in [2.45, 2.75) is 28.5 Å². The SMILES string of the molecule is Cc1ccc([C@@H]2[C@H](S(=O)(=O)c3ccccc3)[C@]2(N)CO)cc1. The van der Waals surface area contributed by atoms with Crippen molar-refractivity contribution in [1.29, 1.82) is 0 Å². The molecule has 1 aliphatic carbocycles. The minimum absolute atomic E-state index is 0.248. The first-order valence-corrected chi connectivity index (χ1v) is 8.71. The molecule has 0 bridgehead atoms. The Labute approximate surface area is 130 Å². The molecule has 5 heteroatoms. The fourth-order valence-electron chi connectivity index (χ4n) is 3.09. The lowest BCUT2D eigenvalue weighted by molar-refractivity contribution is 0.253. The smallest absolute Gasteiger partial charge is 0.183 e. The zero-order chi connectivity index (χ0) is 16.0. The quantitative estimate of drug-likeness (QED) is 0.898. The number of benzene rings is 2. The van der Waals surface area contributed by atoms with E-state index in [-0.39, 0.29) is 17.4 Å². The van der Waals surface area contributed by atoms with Gasteiger partial charge in [0, 0.05) is 5.92 Å². The van der Waals surface area contributed by atoms with Crippen LogP contribution in [0.3, 0.4) is 0 Å². The van der Waals surface area contributed by atoms with Crippen LogP contribution in [-0.4, -0.2) is 30.9 Å². The Kier molecular flexibility index (Phi) is 3.59. The third kappa shape index (κ3) is 2.26. The molecular formula is C17H19NO3S. The molecular weight excluding hydrogens is 298 g/mol. The molecule has 0 amide bonds. The number of rotatable bonds is 4. The van der Waals surface area contributed by atoms with Crippen LogP contribution in [0.4, 0.5) is 0 Å². The van der Waals surface area contributed by atoms with Crippen LogP contribution in [0.2, 0.25) is 0 Å². The summed E-state index contributed by atoms with van der Waals surface area (Å²) in [6.45, 7) is 1.61. The lowest BCUT2D eigenvalue weighted by atomic mass is 10.1. The van der Waals surface area contributed by atoms with Gasteiger partial charge in [0.25, 0.3) is 0 Å². The Morgan fingerprint density at radius 2 is 1.68 bits per heavy atom. The maximum atomic E-state index is 12.8. The molecule has 1 aliphatic rings. The fourth-order valence-corrected chi connectivity index (χ4v) is 5.41. The molecule has 3 N–H and O–H groups in total. The summed E-state index contributed by atoms with van der Waals surface area (Å²) < 4.78 is 25.7. The Bertz CT molecular complexity index is 771. The Morgan fingerprint density at radius 3 is 2.23 bits per heavy atom. The summed E-state index contributed by atoms with van der Waals surface area (Å²) in [5.41, 5.74) is 7.03. The van der Waals surface area contributed by atoms with Crippen LogP contribution in [-0.2, 0) is 9.84 Å². The molecule has 0 unspecified atom stereocenters. The standard InChI is InChI=1S/C17H19NO3S/c1-12-7-9-13(10-8-12)15-16(17(15,18)11-19)22(20,21)14-5-3-2-4-6-14/h2-10,15-16,19H,11,18H2,1H3/t15-,16+,17+/m1/s1. The van der Waals surface area contributed by atoms with Crippen molar-refractivity contribution in [3.05, 3.63) is 65.7 Å². The van der Waals surface area contributed by atoms with Gasteiger partial charge in [-0.1, -0.05) is 48.0 Å². The molecule has 2 aromatic rings. The van der Waals surface area contributed by atoms with E-state index < -0.39 is 20.6 Å². The van der Waals surface area contributed by atoms with Crippen molar-refractivity contribution in [2.75, 3.05) is 6.61 Å². The number of hydrogen-bond acceptors (Lipinski definition) is 4. The van der Waals surface area contributed by atoms with E-state index in [4.69, 9.17) is 5.73 Å². The van der Waals surface area contributed by atoms with Crippen molar-refractivity contribution in [3.63, 3.8) is 0 Å². The van der Waals surface area contributed by atoms with E-state index in [0.717, 1.165) is 11.1 Å². The van der Waals surface area contributed by atoms with Gasteiger partial charge in [-0.05, 0) is 24.6 Å². The number of hydrogen-bond donors (Lipinski definition) is 2. The topological polar surface area (TPSA) is 80.4 Å². The van der Waals surface area contributed by atoms with E-state index in [9.17, 15) is 13.5 Å². The molecule has 116 valence electrons. The van der Waals surface area contributed by atoms with Crippen molar-refractivity contribution in [3.8, 4) is 0 Å². The second-order valence-electron chi connectivity index (χ2n) is 5.94. The lowest BCUT2D eigenvalue weighted by Crippen LogP contribution is -2.35. The summed E-state index contributed by atoms with van der Waals surface area (Å²) >= 11 is 0. The van der Waals surface area contributed by atoms with Gasteiger partial charge < -0.3 is 10.8 Å². The predicted octanol–water partition coefficient (Wildman–Crippen LogP) is 1.62. The van der Waals surface area contributed by atoms with E-state index in [2.05, 4.69) is 0 Å². The van der Waals surface area contributed by atoms with Crippen molar-refractivity contribution in [1.82, 2.24) is 0 Å². The molecule has 0 aliphatic heterocycles. The van der Waals surface area contributed by atoms with E-state index in [1.807, 2.05) is 31.2 Å². The molecule has 3 atom stereocenters. The monoisotopic (exact) mass is 317 g/mol. The molecule has 3 rings (SSSR count). The number of nitrogens with two attached hydrogens (primary N) is 1. The number of aryl methyl sites for hydroxylation is 1. The van der Waals surface area contributed by atoms with Crippen LogP contribution >= 0.6 is 0 Å². The number of sulfone groups is 1. The molecule has 1 saturated carbocycles. The Balaban J connectivity index is 2.02. The summed E-state index contributed by atoms with van der Waals surface area (Å²) in [6.07, 6.45) is 0. The number of aliphatic hydroxyl groups is 1. The van der Waals surface area contributed by atoms with E-state index >= 15 is 0 Å². The Morgan fingerprint density at radius 1 is 1.09 bits per heavy atom. The van der Waals surface area contributed by atoms with Gasteiger partial charge in [-0.25, -0.2) is 8.42 Å². The summed E-state index contributed by atoms with van der Waals surface area (Å²) in [5, 5.41) is 8.85. The molecule has 0 heterocycles. The Hall–Kier alpha value is -1.69. The average molecular weight is 317 g/mol. The van der Waals surface area contributed by atoms with E-state index in [1.165, 1.54) is 0 Å². The summed E-state index contributed by atoms with van der Waals surface area (Å²) in [4.78, 5) is 0.248. The molecule has 22 heavy (non-hydrogen) atoms. The normalized spacial score (nSPS) is 27.6. The van der Waals surface area contributed by atoms with Crippen molar-refractivity contribution >= 4 is 9.84 Å². The minimum atomic E-state index is -3.58. The highest BCUT2D eigenvalue weighted by Gasteiger charge is 2.68. The molecule has 2 aromatic carbocycles. The largest absolute Gasteiger partial charge is 0.394 e. The van der Waals surface area contributed by atoms with E-state index in [1.54, 1.807) is 30.3 Å². The maximum Gasteiger partial charge on any atom is 0.183 e. The van der Waals surface area contributed by atoms with Crippen LogP contribution in [0.5, 0.6) is 0 Å². The highest BCUT2D eigenvalue weighted by molar-refractivity contribution is 7.92. The van der Waals surface area contributed by atoms with Gasteiger partial charge >= 0.3 is 0 Å². The average Bonchev–Trinajstić information content (AvgIpc) is 3.17. The summed E-state index contributed by atoms with van der Waals surface area (Å²) in [5.74, 6) is -0.386. The first kappa shape index (κ1) is 15.2. The first-order valence-electron chi connectivity index (χ1n) is 7.16. The van der Waals surface area contributed by atoms with Crippen molar-refractivity contribution in [2.24, 2.45) is 5.73 Å². The number of aliphatic hydroxyl groups excluding tert-OH is 1. The van der Waals surface area contributed by atoms with Gasteiger partial charge in [0.15, 0.2) is 9.84 Å². The highest BCUT2D eigenvalue weighted by atomic mass is 32.2. The van der Waals surface area contributed by atoms with Gasteiger partial charge in [-0.2, -0.15) is 0 Å². The summed E-state index contributed by atoms with van der Waals surface area (Å²) in [6, 6.07) is 15.9. The van der Waals surface area contributed by atoms with Crippen LogP contribution < -0.4 is 5.73 Å². The molecule has 0 radical (unpaired) electrons. The third-order valence-corrected chi connectivity index (χ3v) is 6.73. The van der Waals surface area contributed by atoms with Crippen LogP contribution in [0.25, 0.3) is 0 Å². The lowest BCUT2D eigenvalue weighted by Gasteiger charge is -2.08. The molecule has 4 nitrogen and oxygen atoms in total. The van der Waals surface area contributed by atoms with Crippen LogP contribution in [0.1, 0.15) is 17.0 Å². The van der Waals surface area contributed by atoms with Gasteiger partial charge in [-0.3, -0.25) is 0 Å². The predicted molar refractivity (Wildman–Crippen MR) is 85.3 cm³/mol. The third-order valence-electron chi connectivity index (χ3n) is 4.42. The molecule has 0 spiro atoms. The second-order valence-corrected chi connectivity index (χ2v) is 8.01. The molecule has 0 saturated heterocycles. The maximum absolute atomic E-state index is 12.8. The van der Waals surface area contributed by atoms with Gasteiger partial charge in [0.2, 0.25) is 0 Å². The zero-order valence-electron chi connectivity index (χ0n) is 12.3. The summed E-state index contributed by atoms with van der Waals surface area (Å²) in [7, 11) is -3.58. The molecule has 1 fully saturated rings. The van der Waals surface area contributed by atoms with Crippen molar-refractivity contribution < 1.29 is 13.5 Å². The molecule has 0 aromatic heterocycles. The van der Waals surface area contributed by atoms with Gasteiger partial charge in [0.05, 0.1) is 22.3 Å². The second kappa shape index (κ2) is 5.19. The minimum Gasteiger partial charge on any atom is -0.394 e. The zero-order valence-corrected chi connectivity index (χ0v) is 13.1. The fraction of sp³-hybridized carbons (Fsp3) is 0.294.